The zero-order valence-electron chi connectivity index (χ0n) is 17.5. The molecule has 1 aromatic rings. The molecule has 8 heteroatoms. The van der Waals surface area contributed by atoms with Crippen LogP contribution in [0.5, 0.6) is 0 Å². The van der Waals surface area contributed by atoms with Crippen LogP contribution < -0.4 is 15.5 Å². The number of aryl methyl sites for hydroxylation is 1. The van der Waals surface area contributed by atoms with Crippen LogP contribution in [0.25, 0.3) is 0 Å². The fourth-order valence-electron chi connectivity index (χ4n) is 5.15. The van der Waals surface area contributed by atoms with E-state index in [1.165, 1.54) is 18.5 Å². The Morgan fingerprint density at radius 2 is 2.18 bits per heavy atom. The highest BCUT2D eigenvalue weighted by atomic mass is 127. The predicted octanol–water partition coefficient (Wildman–Crippen LogP) is 2.38. The molecule has 158 valence electrons. The second kappa shape index (κ2) is 8.77. The van der Waals surface area contributed by atoms with E-state index in [0.717, 1.165) is 38.6 Å². The molecule has 2 saturated heterocycles. The number of ether oxygens (including phenoxy) is 1. The van der Waals surface area contributed by atoms with Crippen LogP contribution in [0.3, 0.4) is 0 Å². The van der Waals surface area contributed by atoms with Gasteiger partial charge >= 0.3 is 0 Å². The van der Waals surface area contributed by atoms with Crippen molar-refractivity contribution < 1.29 is 4.74 Å². The monoisotopic (exact) mass is 502 g/mol. The van der Waals surface area contributed by atoms with E-state index in [-0.39, 0.29) is 29.4 Å². The largest absolute Gasteiger partial charge is 0.377 e. The Morgan fingerprint density at radius 3 is 2.89 bits per heavy atom. The number of halogens is 1. The number of aliphatic imine (C=N–C) groups is 1. The van der Waals surface area contributed by atoms with Gasteiger partial charge in [-0.1, -0.05) is 13.8 Å². The number of hydrogen-bond acceptors (Lipinski definition) is 4. The number of anilines is 1. The van der Waals surface area contributed by atoms with Crippen molar-refractivity contribution in [3.8, 4) is 0 Å². The minimum atomic E-state index is 0. The molecular formula is C20H35IN6O. The van der Waals surface area contributed by atoms with Gasteiger partial charge < -0.3 is 20.3 Å². The van der Waals surface area contributed by atoms with Gasteiger partial charge in [-0.25, -0.2) is 0 Å². The lowest BCUT2D eigenvalue weighted by molar-refractivity contribution is -0.106. The van der Waals surface area contributed by atoms with Gasteiger partial charge in [0.1, 0.15) is 0 Å². The first kappa shape index (κ1) is 21.7. The molecule has 0 aromatic carbocycles. The summed E-state index contributed by atoms with van der Waals surface area (Å²) in [5.41, 5.74) is 1.36. The first-order chi connectivity index (χ1) is 13.0. The zero-order chi connectivity index (χ0) is 19.0. The standard InChI is InChI=1S/C20H34N6O.HI/c1-5-21-19(24-17-16-8-10-27-18(16)20(17,2)3)23-14-7-6-9-26(12-14)15-11-22-25(4)13-15;/h11,13-14,16-18H,5-10,12H2,1-4H3,(H2,21,23,24);1H. The zero-order valence-corrected chi connectivity index (χ0v) is 19.8. The molecule has 4 atom stereocenters. The summed E-state index contributed by atoms with van der Waals surface area (Å²) in [7, 11) is 1.97. The van der Waals surface area contributed by atoms with Crippen LogP contribution in [0.4, 0.5) is 5.69 Å². The van der Waals surface area contributed by atoms with Gasteiger partial charge in [0.2, 0.25) is 0 Å². The van der Waals surface area contributed by atoms with Gasteiger partial charge in [-0.15, -0.1) is 24.0 Å². The molecule has 1 aromatic heterocycles. The van der Waals surface area contributed by atoms with E-state index in [0.29, 0.717) is 24.1 Å². The maximum Gasteiger partial charge on any atom is 0.191 e. The van der Waals surface area contributed by atoms with E-state index in [4.69, 9.17) is 9.73 Å². The van der Waals surface area contributed by atoms with Crippen LogP contribution >= 0.6 is 24.0 Å². The molecule has 3 heterocycles. The van der Waals surface area contributed by atoms with Gasteiger partial charge in [0.15, 0.2) is 5.96 Å². The summed E-state index contributed by atoms with van der Waals surface area (Å²) < 4.78 is 7.81. The van der Waals surface area contributed by atoms with E-state index in [9.17, 15) is 0 Å². The summed E-state index contributed by atoms with van der Waals surface area (Å²) in [6.45, 7) is 10.5. The van der Waals surface area contributed by atoms with Crippen molar-refractivity contribution in [2.45, 2.75) is 58.2 Å². The van der Waals surface area contributed by atoms with Crippen molar-refractivity contribution in [1.82, 2.24) is 20.4 Å². The molecule has 0 radical (unpaired) electrons. The average molecular weight is 502 g/mol. The van der Waals surface area contributed by atoms with Gasteiger partial charge in [-0.2, -0.15) is 5.10 Å². The van der Waals surface area contributed by atoms with Crippen molar-refractivity contribution >= 4 is 35.6 Å². The van der Waals surface area contributed by atoms with Gasteiger partial charge in [-0.3, -0.25) is 9.67 Å². The Bertz CT molecular complexity index is 690. The number of fused-ring (bicyclic) bond motifs is 1. The maximum atomic E-state index is 5.94. The Morgan fingerprint density at radius 1 is 1.36 bits per heavy atom. The smallest absolute Gasteiger partial charge is 0.191 e. The predicted molar refractivity (Wildman–Crippen MR) is 124 cm³/mol. The molecule has 4 rings (SSSR count). The lowest BCUT2D eigenvalue weighted by Gasteiger charge is -2.55. The molecule has 2 aliphatic heterocycles. The summed E-state index contributed by atoms with van der Waals surface area (Å²) >= 11 is 0. The molecular weight excluding hydrogens is 467 g/mol. The van der Waals surface area contributed by atoms with E-state index < -0.39 is 0 Å². The SMILES string of the molecule is CCN=C(NC1CCCN(c2cnn(C)c2)C1)NC1C2CCOC2C1(C)C.I. The minimum absolute atomic E-state index is 0. The highest BCUT2D eigenvalue weighted by Crippen LogP contribution is 2.52. The van der Waals surface area contributed by atoms with Crippen LogP contribution in [-0.2, 0) is 11.8 Å². The number of rotatable bonds is 4. The average Bonchev–Trinajstić information content (AvgIpc) is 3.28. The Hall–Kier alpha value is -1.03. The summed E-state index contributed by atoms with van der Waals surface area (Å²) in [6.07, 6.45) is 7.96. The number of nitrogens with zero attached hydrogens (tertiary/aromatic N) is 4. The third-order valence-corrected chi connectivity index (χ3v) is 6.53. The van der Waals surface area contributed by atoms with Gasteiger partial charge in [0.25, 0.3) is 0 Å². The third kappa shape index (κ3) is 4.13. The molecule has 1 aliphatic carbocycles. The second-order valence-electron chi connectivity index (χ2n) is 8.81. The van der Waals surface area contributed by atoms with E-state index >= 15 is 0 Å². The van der Waals surface area contributed by atoms with E-state index in [2.05, 4.69) is 47.6 Å². The lowest BCUT2D eigenvalue weighted by atomic mass is 9.57. The molecule has 0 amide bonds. The first-order valence-corrected chi connectivity index (χ1v) is 10.4. The molecule has 3 fully saturated rings. The molecule has 1 saturated carbocycles. The van der Waals surface area contributed by atoms with Crippen LogP contribution in [0.15, 0.2) is 17.4 Å². The summed E-state index contributed by atoms with van der Waals surface area (Å²) in [4.78, 5) is 7.16. The normalized spacial score (nSPS) is 31.6. The van der Waals surface area contributed by atoms with E-state index in [1.807, 2.05) is 17.9 Å². The van der Waals surface area contributed by atoms with Crippen LogP contribution in [0, 0.1) is 11.3 Å². The number of piperidine rings is 1. The first-order valence-electron chi connectivity index (χ1n) is 10.4. The Kier molecular flexibility index (Phi) is 6.79. The van der Waals surface area contributed by atoms with Crippen LogP contribution in [0.2, 0.25) is 0 Å². The highest BCUT2D eigenvalue weighted by molar-refractivity contribution is 14.0. The molecule has 0 bridgehead atoms. The number of aromatic nitrogens is 2. The van der Waals surface area contributed by atoms with Crippen molar-refractivity contribution in [2.75, 3.05) is 31.1 Å². The molecule has 4 unspecified atom stereocenters. The number of guanidine groups is 1. The van der Waals surface area contributed by atoms with Gasteiger partial charge in [0, 0.05) is 62.9 Å². The Balaban J connectivity index is 0.00000225. The maximum absolute atomic E-state index is 5.94. The van der Waals surface area contributed by atoms with Crippen molar-refractivity contribution in [3.63, 3.8) is 0 Å². The number of hydrogen-bond donors (Lipinski definition) is 2. The van der Waals surface area contributed by atoms with Crippen molar-refractivity contribution in [3.05, 3.63) is 12.4 Å². The fraction of sp³-hybridized carbons (Fsp3) is 0.800. The molecule has 2 N–H and O–H groups in total. The summed E-state index contributed by atoms with van der Waals surface area (Å²) in [6, 6.07) is 0.830. The Labute approximate surface area is 185 Å². The quantitative estimate of drug-likeness (QED) is 0.376. The second-order valence-corrected chi connectivity index (χ2v) is 8.81. The number of nitrogens with one attached hydrogen (secondary N) is 2. The summed E-state index contributed by atoms with van der Waals surface area (Å²) in [5, 5.41) is 11.8. The van der Waals surface area contributed by atoms with Crippen molar-refractivity contribution in [1.29, 1.82) is 0 Å². The van der Waals surface area contributed by atoms with E-state index in [1.54, 1.807) is 0 Å². The fourth-order valence-corrected chi connectivity index (χ4v) is 5.15. The van der Waals surface area contributed by atoms with Gasteiger partial charge in [-0.05, 0) is 26.2 Å². The molecule has 0 spiro atoms. The molecule has 3 aliphatic rings. The van der Waals surface area contributed by atoms with Gasteiger partial charge in [0.05, 0.1) is 18.0 Å². The van der Waals surface area contributed by atoms with Crippen LogP contribution in [-0.4, -0.2) is 60.2 Å². The third-order valence-electron chi connectivity index (χ3n) is 6.53. The lowest BCUT2D eigenvalue weighted by Crippen LogP contribution is -2.68. The van der Waals surface area contributed by atoms with Crippen molar-refractivity contribution in [2.24, 2.45) is 23.4 Å². The topological polar surface area (TPSA) is 66.7 Å². The highest BCUT2D eigenvalue weighted by Gasteiger charge is 2.59. The van der Waals surface area contributed by atoms with Crippen LogP contribution in [0.1, 0.15) is 40.0 Å². The molecule has 28 heavy (non-hydrogen) atoms. The minimum Gasteiger partial charge on any atom is -0.377 e. The molecule has 7 nitrogen and oxygen atoms in total. The summed E-state index contributed by atoms with van der Waals surface area (Å²) in [5.74, 6) is 1.57.